The van der Waals surface area contributed by atoms with Gasteiger partial charge in [-0.05, 0) is 49.6 Å². The van der Waals surface area contributed by atoms with Crippen LogP contribution in [0.2, 0.25) is 5.02 Å². The zero-order valence-corrected chi connectivity index (χ0v) is 15.7. The second-order valence-electron chi connectivity index (χ2n) is 6.31. The lowest BCUT2D eigenvalue weighted by Crippen LogP contribution is -2.30. The fourth-order valence-electron chi connectivity index (χ4n) is 3.18. The quantitative estimate of drug-likeness (QED) is 0.788. The van der Waals surface area contributed by atoms with Crippen LogP contribution in [0.3, 0.4) is 0 Å². The number of benzene rings is 2. The van der Waals surface area contributed by atoms with Crippen molar-refractivity contribution in [3.63, 3.8) is 0 Å². The van der Waals surface area contributed by atoms with E-state index in [0.29, 0.717) is 16.5 Å². The van der Waals surface area contributed by atoms with Crippen molar-refractivity contribution in [1.29, 1.82) is 0 Å². The van der Waals surface area contributed by atoms with Crippen LogP contribution in [0, 0.1) is 0 Å². The molecule has 0 bridgehead atoms. The summed E-state index contributed by atoms with van der Waals surface area (Å²) in [5.41, 5.74) is 2.64. The molecule has 3 rings (SSSR count). The van der Waals surface area contributed by atoms with Crippen LogP contribution in [0.1, 0.15) is 19.3 Å². The van der Waals surface area contributed by atoms with Crippen molar-refractivity contribution in [2.75, 3.05) is 42.3 Å². The van der Waals surface area contributed by atoms with Gasteiger partial charge in [-0.3, -0.25) is 4.79 Å². The summed E-state index contributed by atoms with van der Waals surface area (Å²) < 4.78 is 5.26. The van der Waals surface area contributed by atoms with Gasteiger partial charge < -0.3 is 20.3 Å². The first-order valence-corrected chi connectivity index (χ1v) is 9.26. The van der Waals surface area contributed by atoms with Crippen LogP contribution in [0.5, 0.6) is 5.75 Å². The standard InChI is InChI=1S/C20H24ClN3O2/c1-26-19-8-4-3-7-16(19)23-20(25)14-22-17-13-15(21)9-10-18(17)24-11-5-2-6-12-24/h3-4,7-10,13,22H,2,5-6,11-12,14H2,1H3,(H,23,25). The molecule has 5 nitrogen and oxygen atoms in total. The largest absolute Gasteiger partial charge is 0.495 e. The molecule has 2 aromatic rings. The van der Waals surface area contributed by atoms with E-state index in [9.17, 15) is 4.79 Å². The topological polar surface area (TPSA) is 53.6 Å². The van der Waals surface area contributed by atoms with Gasteiger partial charge in [0, 0.05) is 18.1 Å². The first kappa shape index (κ1) is 18.4. The number of piperidine rings is 1. The second-order valence-corrected chi connectivity index (χ2v) is 6.75. The average molecular weight is 374 g/mol. The predicted octanol–water partition coefficient (Wildman–Crippen LogP) is 4.39. The van der Waals surface area contributed by atoms with Crippen LogP contribution in [-0.2, 0) is 4.79 Å². The maximum atomic E-state index is 12.4. The highest BCUT2D eigenvalue weighted by Gasteiger charge is 2.15. The molecule has 0 saturated carbocycles. The van der Waals surface area contributed by atoms with Crippen LogP contribution < -0.4 is 20.3 Å². The van der Waals surface area contributed by atoms with Crippen molar-refractivity contribution in [2.24, 2.45) is 0 Å². The van der Waals surface area contributed by atoms with Crippen molar-refractivity contribution in [3.8, 4) is 5.75 Å². The Hall–Kier alpha value is -2.40. The molecule has 1 aliphatic rings. The van der Waals surface area contributed by atoms with E-state index in [1.807, 2.05) is 42.5 Å². The van der Waals surface area contributed by atoms with Crippen molar-refractivity contribution < 1.29 is 9.53 Å². The van der Waals surface area contributed by atoms with Gasteiger partial charge >= 0.3 is 0 Å². The zero-order chi connectivity index (χ0) is 18.4. The monoisotopic (exact) mass is 373 g/mol. The number of carbonyl (C=O) groups is 1. The third-order valence-electron chi connectivity index (χ3n) is 4.48. The van der Waals surface area contributed by atoms with E-state index >= 15 is 0 Å². The average Bonchev–Trinajstić information content (AvgIpc) is 2.67. The molecule has 138 valence electrons. The van der Waals surface area contributed by atoms with Gasteiger partial charge in [-0.1, -0.05) is 23.7 Å². The van der Waals surface area contributed by atoms with Gasteiger partial charge in [-0.2, -0.15) is 0 Å². The van der Waals surface area contributed by atoms with Crippen LogP contribution in [-0.4, -0.2) is 32.7 Å². The number of nitrogens with zero attached hydrogens (tertiary/aromatic N) is 1. The minimum Gasteiger partial charge on any atom is -0.495 e. The Kier molecular flexibility index (Phi) is 6.23. The highest BCUT2D eigenvalue weighted by molar-refractivity contribution is 6.31. The molecule has 0 unspecified atom stereocenters. The van der Waals surface area contributed by atoms with Crippen LogP contribution in [0.4, 0.5) is 17.1 Å². The lowest BCUT2D eigenvalue weighted by Gasteiger charge is -2.30. The number of methoxy groups -OCH3 is 1. The third kappa shape index (κ3) is 4.61. The summed E-state index contributed by atoms with van der Waals surface area (Å²) in [5, 5.41) is 6.75. The molecule has 1 amide bonds. The van der Waals surface area contributed by atoms with Crippen molar-refractivity contribution in [2.45, 2.75) is 19.3 Å². The lowest BCUT2D eigenvalue weighted by molar-refractivity contribution is -0.114. The van der Waals surface area contributed by atoms with Gasteiger partial charge in [-0.15, -0.1) is 0 Å². The molecule has 0 spiro atoms. The summed E-state index contributed by atoms with van der Waals surface area (Å²) in [6.45, 7) is 2.21. The summed E-state index contributed by atoms with van der Waals surface area (Å²) in [6, 6.07) is 13.1. The Morgan fingerprint density at radius 2 is 1.88 bits per heavy atom. The minimum absolute atomic E-state index is 0.140. The predicted molar refractivity (Wildman–Crippen MR) is 108 cm³/mol. The molecule has 0 radical (unpaired) electrons. The molecule has 1 aliphatic heterocycles. The van der Waals surface area contributed by atoms with Crippen LogP contribution in [0.25, 0.3) is 0 Å². The van der Waals surface area contributed by atoms with Gasteiger partial charge in [0.25, 0.3) is 0 Å². The van der Waals surface area contributed by atoms with E-state index in [1.165, 1.54) is 19.3 Å². The number of rotatable bonds is 6. The molecular weight excluding hydrogens is 350 g/mol. The Bertz CT molecular complexity index is 760. The molecule has 0 aromatic heterocycles. The first-order chi connectivity index (χ1) is 12.7. The molecule has 1 heterocycles. The van der Waals surface area contributed by atoms with Crippen molar-refractivity contribution in [3.05, 3.63) is 47.5 Å². The number of para-hydroxylation sites is 2. The van der Waals surface area contributed by atoms with E-state index in [1.54, 1.807) is 7.11 Å². The first-order valence-electron chi connectivity index (χ1n) is 8.88. The fraction of sp³-hybridized carbons (Fsp3) is 0.350. The summed E-state index contributed by atoms with van der Waals surface area (Å²) >= 11 is 6.16. The normalized spacial score (nSPS) is 14.0. The Labute approximate surface area is 159 Å². The highest BCUT2D eigenvalue weighted by atomic mass is 35.5. The van der Waals surface area contributed by atoms with Crippen LogP contribution in [0.15, 0.2) is 42.5 Å². The molecule has 1 fully saturated rings. The Morgan fingerprint density at radius 1 is 1.12 bits per heavy atom. The molecule has 1 saturated heterocycles. The highest BCUT2D eigenvalue weighted by Crippen LogP contribution is 2.31. The molecule has 6 heteroatoms. The number of anilines is 3. The minimum atomic E-state index is -0.140. The van der Waals surface area contributed by atoms with Gasteiger partial charge in [0.1, 0.15) is 5.75 Å². The maximum absolute atomic E-state index is 12.4. The number of halogens is 1. The molecular formula is C20H24ClN3O2. The second kappa shape index (κ2) is 8.81. The fourth-order valence-corrected chi connectivity index (χ4v) is 3.35. The van der Waals surface area contributed by atoms with E-state index < -0.39 is 0 Å². The number of amides is 1. The van der Waals surface area contributed by atoms with E-state index in [0.717, 1.165) is 24.5 Å². The number of ether oxygens (including phenoxy) is 1. The molecule has 0 aliphatic carbocycles. The number of hydrogen-bond donors (Lipinski definition) is 2. The van der Waals surface area contributed by atoms with Crippen molar-refractivity contribution in [1.82, 2.24) is 0 Å². The smallest absolute Gasteiger partial charge is 0.243 e. The van der Waals surface area contributed by atoms with E-state index in [2.05, 4.69) is 15.5 Å². The molecule has 26 heavy (non-hydrogen) atoms. The zero-order valence-electron chi connectivity index (χ0n) is 14.9. The van der Waals surface area contributed by atoms with Gasteiger partial charge in [0.2, 0.25) is 5.91 Å². The van der Waals surface area contributed by atoms with Gasteiger partial charge in [0.15, 0.2) is 0 Å². The summed E-state index contributed by atoms with van der Waals surface area (Å²) in [6.07, 6.45) is 3.65. The summed E-state index contributed by atoms with van der Waals surface area (Å²) in [7, 11) is 1.58. The summed E-state index contributed by atoms with van der Waals surface area (Å²) in [5.74, 6) is 0.497. The molecule has 2 aromatic carbocycles. The number of nitrogens with one attached hydrogen (secondary N) is 2. The van der Waals surface area contributed by atoms with E-state index in [-0.39, 0.29) is 12.5 Å². The SMILES string of the molecule is COc1ccccc1NC(=O)CNc1cc(Cl)ccc1N1CCCCC1. The van der Waals surface area contributed by atoms with Crippen LogP contribution >= 0.6 is 11.6 Å². The van der Waals surface area contributed by atoms with Gasteiger partial charge in [-0.25, -0.2) is 0 Å². The third-order valence-corrected chi connectivity index (χ3v) is 4.71. The number of hydrogen-bond acceptors (Lipinski definition) is 4. The maximum Gasteiger partial charge on any atom is 0.243 e. The van der Waals surface area contributed by atoms with E-state index in [4.69, 9.17) is 16.3 Å². The summed E-state index contributed by atoms with van der Waals surface area (Å²) in [4.78, 5) is 14.7. The Balaban J connectivity index is 1.67. The Morgan fingerprint density at radius 3 is 2.65 bits per heavy atom. The van der Waals surface area contributed by atoms with Gasteiger partial charge in [0.05, 0.1) is 30.7 Å². The number of carbonyl (C=O) groups excluding carboxylic acids is 1. The molecule has 2 N–H and O–H groups in total. The van der Waals surface area contributed by atoms with Crippen molar-refractivity contribution >= 4 is 34.6 Å². The lowest BCUT2D eigenvalue weighted by atomic mass is 10.1. The molecule has 0 atom stereocenters.